The second-order valence-electron chi connectivity index (χ2n) is 19.4. The van der Waals surface area contributed by atoms with E-state index in [2.05, 4.69) is 48.5 Å². The summed E-state index contributed by atoms with van der Waals surface area (Å²) in [6, 6.07) is 2.02. The molecule has 2 aromatic carbocycles. The summed E-state index contributed by atoms with van der Waals surface area (Å²) in [7, 11) is -3.69. The largest absolute Gasteiger partial charge is 0.416 e. The highest BCUT2D eigenvalue weighted by molar-refractivity contribution is 7.74. The Morgan fingerprint density at radius 3 is 1.68 bits per heavy atom. The van der Waals surface area contributed by atoms with Gasteiger partial charge in [-0.1, -0.05) is 82.1 Å². The summed E-state index contributed by atoms with van der Waals surface area (Å²) in [5, 5.41) is -1.40. The average Bonchev–Trinajstić information content (AvgIpc) is 3.65. The Balaban J connectivity index is 1.83. The Morgan fingerprint density at radius 2 is 1.16 bits per heavy atom. The van der Waals surface area contributed by atoms with Crippen LogP contribution in [0, 0.1) is 16.7 Å². The van der Waals surface area contributed by atoms with Crippen molar-refractivity contribution in [1.29, 1.82) is 0 Å². The maximum Gasteiger partial charge on any atom is 0.416 e. The van der Waals surface area contributed by atoms with Crippen molar-refractivity contribution in [3.8, 4) is 0 Å². The summed E-state index contributed by atoms with van der Waals surface area (Å²) in [5.74, 6) is -0.925. The summed E-state index contributed by atoms with van der Waals surface area (Å²) >= 11 is 0. The van der Waals surface area contributed by atoms with Crippen LogP contribution in [0.2, 0.25) is 0 Å². The van der Waals surface area contributed by atoms with E-state index >= 15 is 13.2 Å². The highest BCUT2D eigenvalue weighted by atomic mass is 31.1. The van der Waals surface area contributed by atoms with Gasteiger partial charge in [-0.25, -0.2) is 0 Å². The van der Waals surface area contributed by atoms with Crippen molar-refractivity contribution in [2.75, 3.05) is 0 Å². The maximum absolute atomic E-state index is 15.4. The molecule has 7 atom stereocenters. The first-order chi connectivity index (χ1) is 25.9. The Morgan fingerprint density at radius 1 is 0.596 bits per heavy atom. The molecule has 4 aliphatic rings. The molecule has 0 amide bonds. The van der Waals surface area contributed by atoms with Gasteiger partial charge in [-0.05, 0) is 150 Å². The third kappa shape index (κ3) is 8.54. The van der Waals surface area contributed by atoms with E-state index < -0.39 is 85.1 Å². The zero-order valence-electron chi connectivity index (χ0n) is 33.6. The lowest BCUT2D eigenvalue weighted by atomic mass is 9.60. The van der Waals surface area contributed by atoms with Crippen LogP contribution in [0.4, 0.5) is 52.7 Å². The topological polar surface area (TPSA) is 0 Å². The normalized spacial score (nSPS) is 29.8. The molecular weight excluding hydrogens is 806 g/mol. The van der Waals surface area contributed by atoms with E-state index in [1.165, 1.54) is 0 Å². The van der Waals surface area contributed by atoms with Gasteiger partial charge in [0, 0.05) is 0 Å². The molecule has 0 radical (unpaired) electrons. The maximum atomic E-state index is 15.4. The number of alkyl halides is 12. The van der Waals surface area contributed by atoms with Crippen molar-refractivity contribution >= 4 is 26.5 Å². The predicted molar refractivity (Wildman–Crippen MR) is 205 cm³/mol. The first-order valence-electron chi connectivity index (χ1n) is 20.1. The summed E-state index contributed by atoms with van der Waals surface area (Å²) in [6.07, 6.45) is -13.9. The smallest absolute Gasteiger partial charge is 0.166 e. The summed E-state index contributed by atoms with van der Waals surface area (Å²) < 4.78 is 179. The number of rotatable bonds is 3. The Kier molecular flexibility index (Phi) is 11.7. The predicted octanol–water partition coefficient (Wildman–Crippen LogP) is 15.4. The fourth-order valence-electron chi connectivity index (χ4n) is 12.5. The molecule has 3 aliphatic carbocycles. The van der Waals surface area contributed by atoms with Crippen LogP contribution < -0.4 is 10.6 Å². The van der Waals surface area contributed by atoms with Crippen LogP contribution in [0.5, 0.6) is 0 Å². The number of halogens is 12. The van der Waals surface area contributed by atoms with Gasteiger partial charge in [0.2, 0.25) is 0 Å². The van der Waals surface area contributed by atoms with Gasteiger partial charge in [0.05, 0.1) is 22.3 Å². The molecule has 3 bridgehead atoms. The lowest BCUT2D eigenvalue weighted by Gasteiger charge is -2.59. The fraction of sp³-hybridized carbons (Fsp3) is 0.721. The van der Waals surface area contributed by atoms with E-state index in [0.29, 0.717) is 43.9 Å². The zero-order valence-corrected chi connectivity index (χ0v) is 35.4. The first kappa shape index (κ1) is 45.0. The molecule has 1 spiro atoms. The summed E-state index contributed by atoms with van der Waals surface area (Å²) in [6.45, 7) is 14.9. The molecule has 5 unspecified atom stereocenters. The van der Waals surface area contributed by atoms with Gasteiger partial charge in [0.25, 0.3) is 0 Å². The molecule has 1 heterocycles. The number of fused-ring (bicyclic) bond motifs is 6. The van der Waals surface area contributed by atoms with Crippen molar-refractivity contribution in [3.05, 3.63) is 58.1 Å². The molecule has 0 N–H and O–H groups in total. The van der Waals surface area contributed by atoms with Gasteiger partial charge in [-0.3, -0.25) is 0 Å². The minimum Gasteiger partial charge on any atom is -0.166 e. The van der Waals surface area contributed by atoms with Crippen LogP contribution in [0.25, 0.3) is 0 Å². The average molecular weight is 861 g/mol. The first-order valence-corrected chi connectivity index (χ1v) is 22.9. The lowest BCUT2D eigenvalue weighted by Crippen LogP contribution is -2.52. The van der Waals surface area contributed by atoms with E-state index in [4.69, 9.17) is 0 Å². The molecule has 6 rings (SSSR count). The van der Waals surface area contributed by atoms with E-state index in [0.717, 1.165) is 32.1 Å². The molecule has 3 saturated carbocycles. The molecule has 0 aromatic heterocycles. The molecule has 14 heteroatoms. The van der Waals surface area contributed by atoms with E-state index in [-0.39, 0.29) is 69.6 Å². The van der Waals surface area contributed by atoms with Gasteiger partial charge < -0.3 is 0 Å². The van der Waals surface area contributed by atoms with Crippen molar-refractivity contribution < 1.29 is 52.7 Å². The fourth-order valence-corrected chi connectivity index (χ4v) is 21.8. The number of hydrogen-bond acceptors (Lipinski definition) is 0. The standard InChI is InChI=1S/C43H54F12P2/c1-25(57(36(2,3)4)37(5,6)7)39-16-11-13-34(39)56(31-19-28(40(44,45)46)18-29(20-31)41(47,48)49)33-22-30(42(50,51)52)21-32(43(53,54)55)35(33)26-14-17-38(23-26)15-10-8-9-12-27(39)24-38/h18-22,25-27,34H,8-17,23-24H2,1-7H3/t25-,26-,27?,34?,38?,39?,56?/m1/s1. The van der Waals surface area contributed by atoms with Crippen LogP contribution in [-0.4, -0.2) is 21.6 Å². The quantitative estimate of drug-likeness (QED) is 0.213. The zero-order chi connectivity index (χ0) is 42.5. The van der Waals surface area contributed by atoms with Crippen molar-refractivity contribution in [2.24, 2.45) is 16.7 Å². The molecule has 2 aromatic rings. The van der Waals surface area contributed by atoms with Crippen LogP contribution in [-0.2, 0) is 24.7 Å². The number of hydrogen-bond donors (Lipinski definition) is 0. The van der Waals surface area contributed by atoms with Crippen molar-refractivity contribution in [3.63, 3.8) is 0 Å². The van der Waals surface area contributed by atoms with Crippen LogP contribution in [0.1, 0.15) is 159 Å². The number of benzene rings is 2. The van der Waals surface area contributed by atoms with E-state index in [9.17, 15) is 39.5 Å². The Bertz CT molecular complexity index is 1750. The van der Waals surface area contributed by atoms with Crippen LogP contribution >= 0.6 is 15.8 Å². The molecule has 57 heavy (non-hydrogen) atoms. The molecule has 0 nitrogen and oxygen atoms in total. The third-order valence-electron chi connectivity index (χ3n) is 13.8. The highest BCUT2D eigenvalue weighted by Crippen LogP contribution is 2.75. The van der Waals surface area contributed by atoms with Gasteiger partial charge in [0.15, 0.2) is 0 Å². The van der Waals surface area contributed by atoms with Gasteiger partial charge in [0.1, 0.15) is 0 Å². The Hall–Kier alpha value is -1.54. The highest BCUT2D eigenvalue weighted by Gasteiger charge is 2.61. The van der Waals surface area contributed by atoms with Crippen molar-refractivity contribution in [2.45, 2.75) is 178 Å². The van der Waals surface area contributed by atoms with E-state index in [1.54, 1.807) is 0 Å². The van der Waals surface area contributed by atoms with Gasteiger partial charge >= 0.3 is 24.7 Å². The second-order valence-corrected chi connectivity index (χ2v) is 26.0. The minimum atomic E-state index is -5.27. The molecule has 320 valence electrons. The lowest BCUT2D eigenvalue weighted by molar-refractivity contribution is -0.144. The molecule has 1 aliphatic heterocycles. The second kappa shape index (κ2) is 14.8. The SMILES string of the molecule is C[C@@H](P(C(C)(C)C)C(C)(C)C)C12CCCC1P(c1cc(C(F)(F)F)cc(C(F)(F)F)c1)c1cc(C(F)(F)F)cc(C(F)(F)F)c1[C@@H]1CCC3(CCCCCC2C3)C1. The van der Waals surface area contributed by atoms with Gasteiger partial charge in [-0.2, -0.15) is 52.7 Å². The summed E-state index contributed by atoms with van der Waals surface area (Å²) in [4.78, 5) is 0. The molecule has 3 fully saturated rings. The van der Waals surface area contributed by atoms with Crippen LogP contribution in [0.15, 0.2) is 30.3 Å². The Labute approximate surface area is 331 Å². The summed E-state index contributed by atoms with van der Waals surface area (Å²) in [5.41, 5.74) is -8.78. The molecular formula is C43H54F12P2. The third-order valence-corrected chi connectivity index (χ3v) is 21.1. The monoisotopic (exact) mass is 860 g/mol. The van der Waals surface area contributed by atoms with Crippen LogP contribution in [0.3, 0.4) is 0 Å². The van der Waals surface area contributed by atoms with Crippen molar-refractivity contribution in [1.82, 2.24) is 0 Å². The van der Waals surface area contributed by atoms with E-state index in [1.807, 2.05) is 0 Å². The van der Waals surface area contributed by atoms with Gasteiger partial charge in [-0.15, -0.1) is 0 Å². The molecule has 0 saturated heterocycles. The minimum absolute atomic E-state index is 0.00254.